The van der Waals surface area contributed by atoms with Gasteiger partial charge in [0.05, 0.1) is 5.69 Å². The number of para-hydroxylation sites is 1. The Balaban J connectivity index is 1.54. The summed E-state index contributed by atoms with van der Waals surface area (Å²) in [5, 5.41) is 5.92. The van der Waals surface area contributed by atoms with Gasteiger partial charge < -0.3 is 15.1 Å². The van der Waals surface area contributed by atoms with Crippen molar-refractivity contribution in [2.45, 2.75) is 40.0 Å². The van der Waals surface area contributed by atoms with Crippen LogP contribution in [0.5, 0.6) is 0 Å². The van der Waals surface area contributed by atoms with Crippen LogP contribution in [0.1, 0.15) is 36.2 Å². The predicted octanol–water partition coefficient (Wildman–Crippen LogP) is 5.14. The number of rotatable bonds is 7. The highest BCUT2D eigenvalue weighted by Crippen LogP contribution is 2.22. The van der Waals surface area contributed by atoms with E-state index in [-0.39, 0.29) is 6.03 Å². The number of anilines is 1. The molecule has 0 spiro atoms. The monoisotopic (exact) mass is 377 g/mol. The minimum atomic E-state index is -0.196. The zero-order valence-corrected chi connectivity index (χ0v) is 16.7. The molecule has 0 bridgehead atoms. The molecule has 0 atom stereocenters. The Morgan fingerprint density at radius 2 is 1.71 bits per heavy atom. The Bertz CT molecular complexity index is 907. The van der Waals surface area contributed by atoms with Crippen LogP contribution in [-0.2, 0) is 19.3 Å². The van der Waals surface area contributed by atoms with Gasteiger partial charge in [0.15, 0.2) is 0 Å². The third-order valence-electron chi connectivity index (χ3n) is 4.75. The molecule has 0 saturated heterocycles. The molecule has 0 fully saturated rings. The van der Waals surface area contributed by atoms with Crippen LogP contribution in [0, 0.1) is 6.92 Å². The van der Waals surface area contributed by atoms with Crippen molar-refractivity contribution in [2.24, 2.45) is 0 Å². The van der Waals surface area contributed by atoms with Crippen molar-refractivity contribution in [2.75, 3.05) is 11.9 Å². The molecular weight excluding hydrogens is 350 g/mol. The van der Waals surface area contributed by atoms with Gasteiger partial charge in [-0.25, -0.2) is 9.78 Å². The second kappa shape index (κ2) is 9.22. The van der Waals surface area contributed by atoms with E-state index in [9.17, 15) is 4.79 Å². The smallest absolute Gasteiger partial charge is 0.319 e. The molecule has 3 rings (SSSR count). The number of nitrogens with one attached hydrogen (secondary N) is 2. The molecule has 1 aromatic heterocycles. The molecule has 2 amide bonds. The summed E-state index contributed by atoms with van der Waals surface area (Å²) in [6, 6.07) is 14.0. The van der Waals surface area contributed by atoms with Gasteiger partial charge in [-0.1, -0.05) is 49.7 Å². The number of oxazole rings is 1. The van der Waals surface area contributed by atoms with E-state index in [0.717, 1.165) is 40.9 Å². The lowest BCUT2D eigenvalue weighted by Gasteiger charge is -2.14. The number of hydrogen-bond donors (Lipinski definition) is 2. The second-order valence-electron chi connectivity index (χ2n) is 6.80. The van der Waals surface area contributed by atoms with Crippen LogP contribution in [0.4, 0.5) is 10.5 Å². The highest BCUT2D eigenvalue weighted by molar-refractivity contribution is 5.91. The number of urea groups is 1. The summed E-state index contributed by atoms with van der Waals surface area (Å²) >= 11 is 0. The molecule has 2 aromatic carbocycles. The molecule has 0 aliphatic rings. The summed E-state index contributed by atoms with van der Waals surface area (Å²) in [7, 11) is 0. The molecule has 5 heteroatoms. The summed E-state index contributed by atoms with van der Waals surface area (Å²) in [4.78, 5) is 16.8. The summed E-state index contributed by atoms with van der Waals surface area (Å²) in [5.41, 5.74) is 6.18. The fourth-order valence-electron chi connectivity index (χ4n) is 3.12. The number of amides is 2. The number of aryl methyl sites for hydroxylation is 3. The molecule has 0 aliphatic heterocycles. The minimum absolute atomic E-state index is 0.196. The highest BCUT2D eigenvalue weighted by atomic mass is 16.3. The maximum Gasteiger partial charge on any atom is 0.319 e. The lowest BCUT2D eigenvalue weighted by atomic mass is 10.0. The van der Waals surface area contributed by atoms with E-state index in [1.54, 1.807) is 6.26 Å². The molecule has 146 valence electrons. The molecule has 0 unspecified atom stereocenters. The number of nitrogens with zero attached hydrogens (tertiary/aromatic N) is 1. The number of hydrogen-bond acceptors (Lipinski definition) is 3. The molecule has 0 aliphatic carbocycles. The van der Waals surface area contributed by atoms with Crippen LogP contribution < -0.4 is 10.6 Å². The highest BCUT2D eigenvalue weighted by Gasteiger charge is 2.11. The SMILES string of the molecule is CCc1cccc(CC)c1NC(=O)NCCc1coc(-c2ccc(C)cc2)n1. The van der Waals surface area contributed by atoms with E-state index in [1.807, 2.05) is 37.3 Å². The number of benzene rings is 2. The van der Waals surface area contributed by atoms with Gasteiger partial charge in [0.25, 0.3) is 0 Å². The van der Waals surface area contributed by atoms with Gasteiger partial charge in [0.2, 0.25) is 5.89 Å². The summed E-state index contributed by atoms with van der Waals surface area (Å²) < 4.78 is 5.56. The lowest BCUT2D eigenvalue weighted by Crippen LogP contribution is -2.31. The number of carbonyl (C=O) groups excluding carboxylic acids is 1. The molecular formula is C23H27N3O2. The van der Waals surface area contributed by atoms with Gasteiger partial charge in [-0.05, 0) is 43.0 Å². The third kappa shape index (κ3) is 4.80. The zero-order valence-electron chi connectivity index (χ0n) is 16.7. The van der Waals surface area contributed by atoms with Crippen LogP contribution in [0.2, 0.25) is 0 Å². The zero-order chi connectivity index (χ0) is 19.9. The fourth-order valence-corrected chi connectivity index (χ4v) is 3.12. The van der Waals surface area contributed by atoms with Crippen LogP contribution in [0.25, 0.3) is 11.5 Å². The van der Waals surface area contributed by atoms with E-state index >= 15 is 0 Å². The normalized spacial score (nSPS) is 10.7. The van der Waals surface area contributed by atoms with Crippen molar-refractivity contribution in [1.82, 2.24) is 10.3 Å². The number of carbonyl (C=O) groups is 1. The largest absolute Gasteiger partial charge is 0.444 e. The molecule has 5 nitrogen and oxygen atoms in total. The van der Waals surface area contributed by atoms with Crippen LogP contribution in [0.15, 0.2) is 53.1 Å². The van der Waals surface area contributed by atoms with Crippen molar-refractivity contribution >= 4 is 11.7 Å². The Morgan fingerprint density at radius 3 is 2.36 bits per heavy atom. The van der Waals surface area contributed by atoms with Crippen LogP contribution in [-0.4, -0.2) is 17.6 Å². The first-order valence-electron chi connectivity index (χ1n) is 9.77. The molecule has 2 N–H and O–H groups in total. The maximum absolute atomic E-state index is 12.3. The predicted molar refractivity (Wildman–Crippen MR) is 113 cm³/mol. The van der Waals surface area contributed by atoms with Crippen molar-refractivity contribution in [3.05, 3.63) is 71.1 Å². The molecule has 0 saturated carbocycles. The topological polar surface area (TPSA) is 67.2 Å². The average Bonchev–Trinajstić information content (AvgIpc) is 3.17. The second-order valence-corrected chi connectivity index (χ2v) is 6.80. The van der Waals surface area contributed by atoms with Gasteiger partial charge in [-0.3, -0.25) is 0 Å². The fraction of sp³-hybridized carbons (Fsp3) is 0.304. The molecule has 3 aromatic rings. The Kier molecular flexibility index (Phi) is 6.48. The molecule has 28 heavy (non-hydrogen) atoms. The first-order valence-corrected chi connectivity index (χ1v) is 9.77. The van der Waals surface area contributed by atoms with E-state index in [1.165, 1.54) is 5.56 Å². The summed E-state index contributed by atoms with van der Waals surface area (Å²) in [6.45, 7) is 6.72. The van der Waals surface area contributed by atoms with Gasteiger partial charge in [0.1, 0.15) is 6.26 Å². The van der Waals surface area contributed by atoms with Gasteiger partial charge >= 0.3 is 6.03 Å². The third-order valence-corrected chi connectivity index (χ3v) is 4.75. The maximum atomic E-state index is 12.3. The van der Waals surface area contributed by atoms with E-state index in [0.29, 0.717) is 18.9 Å². The average molecular weight is 377 g/mol. The molecule has 0 radical (unpaired) electrons. The first kappa shape index (κ1) is 19.7. The lowest BCUT2D eigenvalue weighted by molar-refractivity contribution is 0.252. The van der Waals surface area contributed by atoms with Gasteiger partial charge in [0, 0.05) is 24.2 Å². The van der Waals surface area contributed by atoms with Crippen molar-refractivity contribution in [3.63, 3.8) is 0 Å². The minimum Gasteiger partial charge on any atom is -0.444 e. The van der Waals surface area contributed by atoms with Gasteiger partial charge in [-0.2, -0.15) is 0 Å². The molecule has 1 heterocycles. The van der Waals surface area contributed by atoms with Crippen LogP contribution >= 0.6 is 0 Å². The first-order chi connectivity index (χ1) is 13.6. The van der Waals surface area contributed by atoms with E-state index in [4.69, 9.17) is 4.42 Å². The Hall–Kier alpha value is -3.08. The Labute approximate surface area is 166 Å². The van der Waals surface area contributed by atoms with Crippen molar-refractivity contribution in [1.29, 1.82) is 0 Å². The van der Waals surface area contributed by atoms with Crippen molar-refractivity contribution in [3.8, 4) is 11.5 Å². The Morgan fingerprint density at radius 1 is 1.04 bits per heavy atom. The summed E-state index contributed by atoms with van der Waals surface area (Å²) in [5.74, 6) is 0.601. The van der Waals surface area contributed by atoms with E-state index < -0.39 is 0 Å². The summed E-state index contributed by atoms with van der Waals surface area (Å²) in [6.07, 6.45) is 4.02. The number of aromatic nitrogens is 1. The standard InChI is InChI=1S/C23H27N3O2/c1-4-17-7-6-8-18(5-2)21(17)26-23(27)24-14-13-20-15-28-22(25-20)19-11-9-16(3)10-12-19/h6-12,15H,4-5,13-14H2,1-3H3,(H2,24,26,27). The van der Waals surface area contributed by atoms with Gasteiger partial charge in [-0.15, -0.1) is 0 Å². The van der Waals surface area contributed by atoms with E-state index in [2.05, 4.69) is 41.6 Å². The van der Waals surface area contributed by atoms with Crippen molar-refractivity contribution < 1.29 is 9.21 Å². The quantitative estimate of drug-likeness (QED) is 0.599. The van der Waals surface area contributed by atoms with Crippen LogP contribution in [0.3, 0.4) is 0 Å².